The molecule has 0 unspecified atom stereocenters. The molecule has 2 N–H and O–H groups in total. The smallest absolute Gasteiger partial charge is 0.338 e. The summed E-state index contributed by atoms with van der Waals surface area (Å²) in [4.78, 5) is 29.2. The Morgan fingerprint density at radius 2 is 1.33 bits per heavy atom. The minimum Gasteiger partial charge on any atom is -0.462 e. The van der Waals surface area contributed by atoms with Gasteiger partial charge in [0.1, 0.15) is 0 Å². The number of hydrogen-bond donors (Lipinski definition) is 2. The fourth-order valence-corrected chi connectivity index (χ4v) is 3.12. The van der Waals surface area contributed by atoms with Crippen molar-refractivity contribution in [3.8, 4) is 0 Å². The molecule has 0 atom stereocenters. The van der Waals surface area contributed by atoms with Crippen LogP contribution >= 0.6 is 7.60 Å². The number of unbranched alkanes of at least 4 members (excludes halogenated alkanes) is 8. The van der Waals surface area contributed by atoms with Crippen LogP contribution in [0.5, 0.6) is 0 Å². The zero-order chi connectivity index (χ0) is 17.7. The molecule has 5 nitrogen and oxygen atoms in total. The summed E-state index contributed by atoms with van der Waals surface area (Å²) < 4.78 is 15.9. The van der Waals surface area contributed by atoms with Crippen LogP contribution in [0.15, 0.2) is 30.3 Å². The Morgan fingerprint density at radius 1 is 0.833 bits per heavy atom. The summed E-state index contributed by atoms with van der Waals surface area (Å²) in [5.41, 5.74) is 0.594. The van der Waals surface area contributed by atoms with Gasteiger partial charge in [0, 0.05) is 6.16 Å². The molecule has 1 aromatic carbocycles. The predicted octanol–water partition coefficient (Wildman–Crippen LogP) is 4.53. The minimum absolute atomic E-state index is 0.00863. The van der Waals surface area contributed by atoms with Gasteiger partial charge >= 0.3 is 13.6 Å². The number of esters is 1. The second-order valence-electron chi connectivity index (χ2n) is 6.07. The van der Waals surface area contributed by atoms with Crippen LogP contribution in [0.4, 0.5) is 0 Å². The highest BCUT2D eigenvalue weighted by molar-refractivity contribution is 7.51. The fraction of sp³-hybridized carbons (Fsp3) is 0.611. The number of rotatable bonds is 13. The maximum absolute atomic E-state index is 11.7. The molecule has 136 valence electrons. The lowest BCUT2D eigenvalue weighted by Crippen LogP contribution is -2.06. The number of ether oxygens (including phenoxy) is 1. The van der Waals surface area contributed by atoms with Gasteiger partial charge < -0.3 is 14.5 Å². The third kappa shape index (κ3) is 11.4. The van der Waals surface area contributed by atoms with Crippen molar-refractivity contribution >= 4 is 13.6 Å². The second-order valence-corrected chi connectivity index (χ2v) is 7.85. The van der Waals surface area contributed by atoms with Crippen molar-refractivity contribution in [2.24, 2.45) is 0 Å². The Hall–Kier alpha value is -1.16. The van der Waals surface area contributed by atoms with Gasteiger partial charge in [-0.25, -0.2) is 4.79 Å². The molecule has 6 heteroatoms. The van der Waals surface area contributed by atoms with E-state index in [1.165, 1.54) is 0 Å². The molecule has 0 fully saturated rings. The van der Waals surface area contributed by atoms with Crippen LogP contribution in [-0.4, -0.2) is 28.5 Å². The minimum atomic E-state index is -3.81. The molecule has 0 saturated carbocycles. The van der Waals surface area contributed by atoms with Crippen LogP contribution in [0.3, 0.4) is 0 Å². The number of carbonyl (C=O) groups is 1. The summed E-state index contributed by atoms with van der Waals surface area (Å²) in [7, 11) is -3.81. The Balaban J connectivity index is 1.86. The predicted molar refractivity (Wildman–Crippen MR) is 95.2 cm³/mol. The Labute approximate surface area is 144 Å². The van der Waals surface area contributed by atoms with Gasteiger partial charge in [-0.3, -0.25) is 4.57 Å². The van der Waals surface area contributed by atoms with Gasteiger partial charge in [-0.1, -0.05) is 63.1 Å². The maximum atomic E-state index is 11.7. The lowest BCUT2D eigenvalue weighted by Gasteiger charge is -2.05. The summed E-state index contributed by atoms with van der Waals surface area (Å²) >= 11 is 0. The lowest BCUT2D eigenvalue weighted by atomic mass is 10.1. The molecule has 0 aromatic heterocycles. The Bertz CT molecular complexity index is 497. The molecule has 0 aliphatic carbocycles. The van der Waals surface area contributed by atoms with Crippen molar-refractivity contribution in [3.63, 3.8) is 0 Å². The number of carbonyl (C=O) groups excluding carboxylic acids is 1. The first-order chi connectivity index (χ1) is 11.5. The SMILES string of the molecule is O=C(OCCCCCCCCCCCP(=O)(O)O)c1ccccc1. The molecule has 0 amide bonds. The second kappa shape index (κ2) is 12.2. The van der Waals surface area contributed by atoms with Gasteiger partial charge in [0.2, 0.25) is 0 Å². The molecule has 0 bridgehead atoms. The summed E-state index contributed by atoms with van der Waals surface area (Å²) in [6.07, 6.45) is 9.04. The van der Waals surface area contributed by atoms with Gasteiger partial charge in [0.25, 0.3) is 0 Å². The largest absolute Gasteiger partial charge is 0.462 e. The molecule has 0 aliphatic rings. The van der Waals surface area contributed by atoms with Gasteiger partial charge in [0.15, 0.2) is 0 Å². The van der Waals surface area contributed by atoms with E-state index in [9.17, 15) is 9.36 Å². The molecule has 1 rings (SSSR count). The van der Waals surface area contributed by atoms with E-state index < -0.39 is 7.60 Å². The average molecular weight is 356 g/mol. The molecular formula is C18H29O5P. The number of benzene rings is 1. The van der Waals surface area contributed by atoms with Gasteiger partial charge in [-0.15, -0.1) is 0 Å². The van der Waals surface area contributed by atoms with Gasteiger partial charge in [0.05, 0.1) is 12.2 Å². The molecule has 0 heterocycles. The third-order valence-electron chi connectivity index (χ3n) is 3.84. The zero-order valence-electron chi connectivity index (χ0n) is 14.2. The molecule has 0 aliphatic heterocycles. The topological polar surface area (TPSA) is 83.8 Å². The summed E-state index contributed by atoms with van der Waals surface area (Å²) in [6, 6.07) is 9.02. The Morgan fingerprint density at radius 3 is 1.88 bits per heavy atom. The van der Waals surface area contributed by atoms with Crippen LogP contribution in [0.2, 0.25) is 0 Å². The highest BCUT2D eigenvalue weighted by Gasteiger charge is 2.10. The maximum Gasteiger partial charge on any atom is 0.338 e. The van der Waals surface area contributed by atoms with E-state index >= 15 is 0 Å². The first-order valence-corrected chi connectivity index (χ1v) is 10.6. The van der Waals surface area contributed by atoms with Crippen LogP contribution in [0.1, 0.15) is 68.1 Å². The molecule has 24 heavy (non-hydrogen) atoms. The van der Waals surface area contributed by atoms with E-state index in [4.69, 9.17) is 14.5 Å². The molecule has 0 saturated heterocycles. The Kier molecular flexibility index (Phi) is 10.6. The zero-order valence-corrected chi connectivity index (χ0v) is 15.1. The van der Waals surface area contributed by atoms with Crippen molar-refractivity contribution in [1.29, 1.82) is 0 Å². The van der Waals surface area contributed by atoms with Crippen LogP contribution in [-0.2, 0) is 9.30 Å². The lowest BCUT2D eigenvalue weighted by molar-refractivity contribution is 0.0497. The average Bonchev–Trinajstić information content (AvgIpc) is 2.55. The van der Waals surface area contributed by atoms with Crippen molar-refractivity contribution in [1.82, 2.24) is 0 Å². The molecular weight excluding hydrogens is 327 g/mol. The monoisotopic (exact) mass is 356 g/mol. The van der Waals surface area contributed by atoms with Crippen LogP contribution in [0, 0.1) is 0 Å². The quantitative estimate of drug-likeness (QED) is 0.308. The van der Waals surface area contributed by atoms with Crippen molar-refractivity contribution < 1.29 is 23.9 Å². The summed E-state index contributed by atoms with van der Waals surface area (Å²) in [5.74, 6) is -0.258. The van der Waals surface area contributed by atoms with Crippen molar-refractivity contribution in [2.45, 2.75) is 57.8 Å². The van der Waals surface area contributed by atoms with Gasteiger partial charge in [-0.2, -0.15) is 0 Å². The third-order valence-corrected chi connectivity index (χ3v) is 4.74. The van der Waals surface area contributed by atoms with E-state index in [0.717, 1.165) is 51.4 Å². The van der Waals surface area contributed by atoms with Crippen LogP contribution < -0.4 is 0 Å². The summed E-state index contributed by atoms with van der Waals surface area (Å²) in [6.45, 7) is 0.468. The molecule has 0 radical (unpaired) electrons. The summed E-state index contributed by atoms with van der Waals surface area (Å²) in [5, 5.41) is 0. The fourth-order valence-electron chi connectivity index (χ4n) is 2.48. The van der Waals surface area contributed by atoms with Crippen molar-refractivity contribution in [2.75, 3.05) is 12.8 Å². The van der Waals surface area contributed by atoms with Crippen molar-refractivity contribution in [3.05, 3.63) is 35.9 Å². The number of hydrogen-bond acceptors (Lipinski definition) is 3. The van der Waals surface area contributed by atoms with E-state index in [1.54, 1.807) is 12.1 Å². The highest BCUT2D eigenvalue weighted by atomic mass is 31.2. The molecule has 1 aromatic rings. The first kappa shape index (κ1) is 20.9. The standard InChI is InChI=1S/C18H29O5P/c19-18(17-13-9-8-10-14-17)23-15-11-6-4-2-1-3-5-7-12-16-24(20,21)22/h8-10,13-14H,1-7,11-12,15-16H2,(H2,20,21,22). The first-order valence-electron chi connectivity index (χ1n) is 8.76. The normalized spacial score (nSPS) is 11.4. The van der Waals surface area contributed by atoms with E-state index in [-0.39, 0.29) is 12.1 Å². The van der Waals surface area contributed by atoms with E-state index in [2.05, 4.69) is 0 Å². The van der Waals surface area contributed by atoms with E-state index in [0.29, 0.717) is 18.6 Å². The van der Waals surface area contributed by atoms with E-state index in [1.807, 2.05) is 18.2 Å². The van der Waals surface area contributed by atoms with Crippen LogP contribution in [0.25, 0.3) is 0 Å². The van der Waals surface area contributed by atoms with Gasteiger partial charge in [-0.05, 0) is 25.0 Å². The highest BCUT2D eigenvalue weighted by Crippen LogP contribution is 2.35. The molecule has 0 spiro atoms.